The van der Waals surface area contributed by atoms with E-state index >= 15 is 0 Å². The van der Waals surface area contributed by atoms with Crippen LogP contribution in [0.4, 0.5) is 9.59 Å². The highest BCUT2D eigenvalue weighted by molar-refractivity contribution is 5.67. The second-order valence-electron chi connectivity index (χ2n) is 4.17. The molecular formula is C11H20N2O5. The van der Waals surface area contributed by atoms with E-state index < -0.39 is 12.2 Å². The van der Waals surface area contributed by atoms with E-state index in [-0.39, 0.29) is 19.2 Å². The zero-order chi connectivity index (χ0) is 13.4. The van der Waals surface area contributed by atoms with Crippen molar-refractivity contribution in [3.05, 3.63) is 0 Å². The Morgan fingerprint density at radius 2 is 2.00 bits per heavy atom. The zero-order valence-electron chi connectivity index (χ0n) is 10.6. The predicted molar refractivity (Wildman–Crippen MR) is 62.3 cm³/mol. The number of carbonyl (C=O) groups is 2. The lowest BCUT2D eigenvalue weighted by molar-refractivity contribution is -0.111. The van der Waals surface area contributed by atoms with Gasteiger partial charge in [0.05, 0.1) is 19.7 Å². The van der Waals surface area contributed by atoms with Crippen LogP contribution in [0.5, 0.6) is 0 Å². The van der Waals surface area contributed by atoms with E-state index in [1.165, 1.54) is 7.11 Å². The average Bonchev–Trinajstić information content (AvgIpc) is 2.43. The summed E-state index contributed by atoms with van der Waals surface area (Å²) < 4.78 is 9.17. The molecule has 1 fully saturated rings. The monoisotopic (exact) mass is 260 g/mol. The summed E-state index contributed by atoms with van der Waals surface area (Å²) in [6.45, 7) is 0.147. The molecule has 0 atom stereocenters. The van der Waals surface area contributed by atoms with E-state index in [0.29, 0.717) is 5.06 Å². The quantitative estimate of drug-likeness (QED) is 0.454. The van der Waals surface area contributed by atoms with Crippen LogP contribution in [-0.4, -0.2) is 48.8 Å². The number of carbonyl (C=O) groups excluding carboxylic acids is 2. The minimum absolute atomic E-state index is 0.00227. The number of amides is 2. The molecule has 1 aliphatic carbocycles. The molecule has 1 aliphatic rings. The van der Waals surface area contributed by atoms with Crippen molar-refractivity contribution < 1.29 is 24.3 Å². The molecule has 0 aliphatic heterocycles. The van der Waals surface area contributed by atoms with Gasteiger partial charge >= 0.3 is 12.2 Å². The maximum Gasteiger partial charge on any atom is 0.434 e. The standard InChI is InChI=1S/C11H20N2O5/c1-17-10(14)12-7-8-18-11(15)13(16)9-5-3-2-4-6-9/h9,16H,2-8H2,1H3,(H,12,14). The number of nitrogens with one attached hydrogen (secondary N) is 1. The third kappa shape index (κ3) is 4.79. The first-order chi connectivity index (χ1) is 8.65. The Bertz CT molecular complexity index is 279. The summed E-state index contributed by atoms with van der Waals surface area (Å²) >= 11 is 0. The van der Waals surface area contributed by atoms with Crippen molar-refractivity contribution >= 4 is 12.2 Å². The van der Waals surface area contributed by atoms with Crippen molar-refractivity contribution in [2.45, 2.75) is 38.1 Å². The molecule has 0 heterocycles. The van der Waals surface area contributed by atoms with Gasteiger partial charge in [0.15, 0.2) is 0 Å². The van der Waals surface area contributed by atoms with Crippen molar-refractivity contribution in [2.75, 3.05) is 20.3 Å². The maximum atomic E-state index is 11.5. The van der Waals surface area contributed by atoms with Gasteiger partial charge in [-0.3, -0.25) is 5.21 Å². The lowest BCUT2D eigenvalue weighted by Crippen LogP contribution is -2.40. The first-order valence-electron chi connectivity index (χ1n) is 6.12. The molecule has 0 bridgehead atoms. The van der Waals surface area contributed by atoms with Gasteiger partial charge in [-0.05, 0) is 12.8 Å². The van der Waals surface area contributed by atoms with Gasteiger partial charge in [-0.25, -0.2) is 9.59 Å². The van der Waals surface area contributed by atoms with Crippen LogP contribution in [0.2, 0.25) is 0 Å². The second kappa shape index (κ2) is 7.75. The molecule has 7 nitrogen and oxygen atoms in total. The van der Waals surface area contributed by atoms with Crippen LogP contribution >= 0.6 is 0 Å². The van der Waals surface area contributed by atoms with Gasteiger partial charge in [-0.1, -0.05) is 19.3 Å². The number of hydrogen-bond donors (Lipinski definition) is 2. The number of ether oxygens (including phenoxy) is 2. The van der Waals surface area contributed by atoms with Crippen molar-refractivity contribution in [1.82, 2.24) is 10.4 Å². The predicted octanol–water partition coefficient (Wildman–Crippen LogP) is 1.50. The Hall–Kier alpha value is -1.50. The van der Waals surface area contributed by atoms with Crippen LogP contribution in [0.25, 0.3) is 0 Å². The number of rotatable bonds is 4. The van der Waals surface area contributed by atoms with Gasteiger partial charge < -0.3 is 14.8 Å². The Morgan fingerprint density at radius 1 is 1.33 bits per heavy atom. The van der Waals surface area contributed by atoms with Crippen molar-refractivity contribution in [3.8, 4) is 0 Å². The molecule has 1 saturated carbocycles. The molecule has 18 heavy (non-hydrogen) atoms. The minimum atomic E-state index is -0.770. The lowest BCUT2D eigenvalue weighted by Gasteiger charge is -2.28. The van der Waals surface area contributed by atoms with Gasteiger partial charge in [0.1, 0.15) is 6.61 Å². The third-order valence-corrected chi connectivity index (χ3v) is 2.89. The summed E-state index contributed by atoms with van der Waals surface area (Å²) in [4.78, 5) is 22.2. The van der Waals surface area contributed by atoms with Crippen LogP contribution in [0.15, 0.2) is 0 Å². The maximum absolute atomic E-state index is 11.5. The highest BCUT2D eigenvalue weighted by Crippen LogP contribution is 2.21. The number of nitrogens with zero attached hydrogens (tertiary/aromatic N) is 1. The molecule has 2 amide bonds. The van der Waals surface area contributed by atoms with Gasteiger partial charge in [-0.15, -0.1) is 0 Å². The van der Waals surface area contributed by atoms with E-state index in [4.69, 9.17) is 4.74 Å². The van der Waals surface area contributed by atoms with Crippen LogP contribution in [-0.2, 0) is 9.47 Å². The summed E-state index contributed by atoms with van der Waals surface area (Å²) in [7, 11) is 1.25. The fourth-order valence-corrected chi connectivity index (χ4v) is 1.90. The summed E-state index contributed by atoms with van der Waals surface area (Å²) in [5.74, 6) is 0. The Morgan fingerprint density at radius 3 is 2.61 bits per heavy atom. The largest absolute Gasteiger partial charge is 0.453 e. The van der Waals surface area contributed by atoms with Crippen molar-refractivity contribution in [3.63, 3.8) is 0 Å². The fourth-order valence-electron chi connectivity index (χ4n) is 1.90. The zero-order valence-corrected chi connectivity index (χ0v) is 10.6. The van der Waals surface area contributed by atoms with Gasteiger partial charge in [-0.2, -0.15) is 5.06 Å². The second-order valence-corrected chi connectivity index (χ2v) is 4.17. The SMILES string of the molecule is COC(=O)NCCOC(=O)N(O)C1CCCCC1. The van der Waals surface area contributed by atoms with Crippen molar-refractivity contribution in [2.24, 2.45) is 0 Å². The molecule has 2 N–H and O–H groups in total. The summed E-state index contributed by atoms with van der Waals surface area (Å²) in [6, 6.07) is -0.153. The molecule has 0 radical (unpaired) electrons. The first kappa shape index (κ1) is 14.6. The average molecular weight is 260 g/mol. The molecular weight excluding hydrogens is 240 g/mol. The van der Waals surface area contributed by atoms with Gasteiger partial charge in [0.25, 0.3) is 0 Å². The van der Waals surface area contributed by atoms with E-state index in [2.05, 4.69) is 10.1 Å². The summed E-state index contributed by atoms with van der Waals surface area (Å²) in [6.07, 6.45) is 3.41. The molecule has 0 aromatic rings. The van der Waals surface area contributed by atoms with Crippen molar-refractivity contribution in [1.29, 1.82) is 0 Å². The number of hydroxylamine groups is 2. The van der Waals surface area contributed by atoms with Gasteiger partial charge in [0, 0.05) is 0 Å². The molecule has 0 unspecified atom stereocenters. The van der Waals surface area contributed by atoms with Crippen LogP contribution in [0.3, 0.4) is 0 Å². The molecule has 0 aromatic heterocycles. The van der Waals surface area contributed by atoms with E-state index in [9.17, 15) is 14.8 Å². The Balaban J connectivity index is 2.17. The smallest absolute Gasteiger partial charge is 0.434 e. The number of hydrogen-bond acceptors (Lipinski definition) is 5. The fraction of sp³-hybridized carbons (Fsp3) is 0.818. The lowest BCUT2D eigenvalue weighted by atomic mass is 9.95. The number of methoxy groups -OCH3 is 1. The molecule has 0 saturated heterocycles. The minimum Gasteiger partial charge on any atom is -0.453 e. The highest BCUT2D eigenvalue weighted by atomic mass is 16.6. The third-order valence-electron chi connectivity index (χ3n) is 2.89. The molecule has 104 valence electrons. The summed E-state index contributed by atoms with van der Waals surface area (Å²) in [5.41, 5.74) is 0. The molecule has 1 rings (SSSR count). The number of alkyl carbamates (subject to hydrolysis) is 1. The van der Waals surface area contributed by atoms with Crippen LogP contribution < -0.4 is 5.32 Å². The Kier molecular flexibility index (Phi) is 6.27. The normalized spacial score (nSPS) is 15.9. The molecule has 0 spiro atoms. The van der Waals surface area contributed by atoms with E-state index in [0.717, 1.165) is 32.1 Å². The van der Waals surface area contributed by atoms with Gasteiger partial charge in [0.2, 0.25) is 0 Å². The molecule has 7 heteroatoms. The summed E-state index contributed by atoms with van der Waals surface area (Å²) in [5, 5.41) is 12.7. The van der Waals surface area contributed by atoms with Crippen LogP contribution in [0, 0.1) is 0 Å². The van der Waals surface area contributed by atoms with E-state index in [1.807, 2.05) is 0 Å². The highest BCUT2D eigenvalue weighted by Gasteiger charge is 2.25. The first-order valence-corrected chi connectivity index (χ1v) is 6.12. The topological polar surface area (TPSA) is 88.1 Å². The van der Waals surface area contributed by atoms with Crippen LogP contribution in [0.1, 0.15) is 32.1 Å². The Labute approximate surface area is 106 Å². The van der Waals surface area contributed by atoms with E-state index in [1.54, 1.807) is 0 Å². The molecule has 0 aromatic carbocycles.